The van der Waals surface area contributed by atoms with E-state index in [1.54, 1.807) is 0 Å². The van der Waals surface area contributed by atoms with Crippen LogP contribution in [0.25, 0.3) is 0 Å². The number of rotatable bonds is 38. The Morgan fingerprint density at radius 2 is 0.985 bits per heavy atom. The van der Waals surface area contributed by atoms with Crippen LogP contribution >= 0.6 is 0 Å². The maximum absolute atomic E-state index is 12.9. The minimum atomic E-state index is -1.78. The standard InChI is InChI=1S/C52H88O15/c1-3-5-7-9-11-13-15-17-18-19-20-21-23-24-26-28-30-32-34-43(54)62-37-40(65-44(55)35-33-31-29-27-25-22-16-14-12-10-8-6-4-2)38-63-51-50(61)48(59)46(57)42(67-51)39-64-52-49(60)47(58)45(56)41(36-53)66-52/h15,17-22,25,29,31,40-42,45-53,56-61H,3-14,16,23-24,26-28,30,32-39H2,1-2H3/b17-15+,19-18+,21-20+,25-22+,31-29+/t40?,41-,42-,45+,46+,47?,48?,49?,50?,51-,52-/m1/s1. The molecule has 0 aromatic heterocycles. The van der Waals surface area contributed by atoms with E-state index in [1.165, 1.54) is 70.6 Å². The molecule has 7 N–H and O–H groups in total. The number of ether oxygens (including phenoxy) is 6. The summed E-state index contributed by atoms with van der Waals surface area (Å²) < 4.78 is 33.4. The van der Waals surface area contributed by atoms with Crippen molar-refractivity contribution >= 4 is 11.9 Å². The lowest BCUT2D eigenvalue weighted by Gasteiger charge is -2.42. The fourth-order valence-electron chi connectivity index (χ4n) is 7.56. The van der Waals surface area contributed by atoms with Crippen LogP contribution in [0.3, 0.4) is 0 Å². The summed E-state index contributed by atoms with van der Waals surface area (Å²) in [5.41, 5.74) is 0. The van der Waals surface area contributed by atoms with Crippen molar-refractivity contribution in [1.29, 1.82) is 0 Å². The third kappa shape index (κ3) is 27.3. The van der Waals surface area contributed by atoms with E-state index in [-0.39, 0.29) is 19.4 Å². The number of unbranched alkanes of at least 4 members (excludes halogenated alkanes) is 16. The molecule has 5 unspecified atom stereocenters. The normalized spacial score (nSPS) is 26.5. The molecular weight excluding hydrogens is 865 g/mol. The number of hydrogen-bond donors (Lipinski definition) is 7. The highest BCUT2D eigenvalue weighted by Crippen LogP contribution is 2.26. The van der Waals surface area contributed by atoms with Crippen LogP contribution in [0.15, 0.2) is 60.8 Å². The van der Waals surface area contributed by atoms with Gasteiger partial charge in [-0.2, -0.15) is 0 Å². The van der Waals surface area contributed by atoms with Gasteiger partial charge in [-0.15, -0.1) is 0 Å². The summed E-state index contributed by atoms with van der Waals surface area (Å²) in [6.07, 6.45) is 26.9. The number of esters is 2. The quantitative estimate of drug-likeness (QED) is 0.0145. The van der Waals surface area contributed by atoms with Gasteiger partial charge in [0.25, 0.3) is 0 Å². The van der Waals surface area contributed by atoms with Gasteiger partial charge in [-0.05, 0) is 57.8 Å². The monoisotopic (exact) mass is 953 g/mol. The van der Waals surface area contributed by atoms with Gasteiger partial charge in [0.15, 0.2) is 18.7 Å². The fraction of sp³-hybridized carbons (Fsp3) is 0.769. The molecule has 0 bridgehead atoms. The van der Waals surface area contributed by atoms with E-state index in [0.717, 1.165) is 51.4 Å². The lowest BCUT2D eigenvalue weighted by Crippen LogP contribution is -2.61. The Morgan fingerprint density at radius 1 is 0.493 bits per heavy atom. The highest BCUT2D eigenvalue weighted by Gasteiger charge is 2.47. The van der Waals surface area contributed by atoms with E-state index < -0.39 is 99.3 Å². The highest BCUT2D eigenvalue weighted by molar-refractivity contribution is 5.70. The average molecular weight is 953 g/mol. The van der Waals surface area contributed by atoms with Crippen LogP contribution < -0.4 is 0 Å². The zero-order valence-corrected chi connectivity index (χ0v) is 40.6. The molecule has 386 valence electrons. The van der Waals surface area contributed by atoms with Gasteiger partial charge < -0.3 is 64.2 Å². The van der Waals surface area contributed by atoms with Gasteiger partial charge in [0.1, 0.15) is 55.4 Å². The zero-order valence-electron chi connectivity index (χ0n) is 40.6. The van der Waals surface area contributed by atoms with Crippen molar-refractivity contribution in [2.75, 3.05) is 26.4 Å². The SMILES string of the molecule is CCCCCCC/C=C/C=C/C=C/CCCCCCCC(=O)OCC(CO[C@@H]1O[C@H](CO[C@@H]2O[C@H](CO)[C@H](O)C(O)C2O)[C@H](O)C(O)C1O)OC(=O)CC/C=C/C/C=C/CCCCCCCC. The number of aliphatic hydroxyl groups is 7. The third-order valence-electron chi connectivity index (χ3n) is 11.8. The van der Waals surface area contributed by atoms with Crippen LogP contribution in [-0.4, -0.2) is 142 Å². The third-order valence-corrected chi connectivity index (χ3v) is 11.8. The highest BCUT2D eigenvalue weighted by atomic mass is 16.7. The summed E-state index contributed by atoms with van der Waals surface area (Å²) in [6, 6.07) is 0. The van der Waals surface area contributed by atoms with Gasteiger partial charge in [-0.25, -0.2) is 0 Å². The van der Waals surface area contributed by atoms with Gasteiger partial charge in [-0.3, -0.25) is 9.59 Å². The maximum Gasteiger partial charge on any atom is 0.306 e. The molecule has 2 aliphatic heterocycles. The van der Waals surface area contributed by atoms with Crippen molar-refractivity contribution in [3.05, 3.63) is 60.8 Å². The predicted molar refractivity (Wildman–Crippen MR) is 256 cm³/mol. The first-order valence-electron chi connectivity index (χ1n) is 25.4. The Kier molecular flexibility index (Phi) is 35.1. The summed E-state index contributed by atoms with van der Waals surface area (Å²) in [5.74, 6) is -1.03. The number of carbonyl (C=O) groups excluding carboxylic acids is 2. The molecule has 0 amide bonds. The summed E-state index contributed by atoms with van der Waals surface area (Å²) in [4.78, 5) is 25.7. The molecule has 0 aromatic rings. The van der Waals surface area contributed by atoms with Crippen molar-refractivity contribution in [2.45, 2.75) is 229 Å². The molecule has 15 nitrogen and oxygen atoms in total. The largest absolute Gasteiger partial charge is 0.462 e. The Morgan fingerprint density at radius 3 is 1.57 bits per heavy atom. The van der Waals surface area contributed by atoms with E-state index >= 15 is 0 Å². The van der Waals surface area contributed by atoms with Crippen molar-refractivity contribution in [2.24, 2.45) is 0 Å². The molecular formula is C52H88O15. The molecule has 2 saturated heterocycles. The van der Waals surface area contributed by atoms with E-state index in [2.05, 4.69) is 62.5 Å². The maximum atomic E-state index is 12.9. The van der Waals surface area contributed by atoms with E-state index in [9.17, 15) is 45.3 Å². The van der Waals surface area contributed by atoms with Gasteiger partial charge in [0.2, 0.25) is 0 Å². The molecule has 0 aromatic carbocycles. The van der Waals surface area contributed by atoms with Crippen molar-refractivity contribution in [3.8, 4) is 0 Å². The molecule has 2 heterocycles. The Labute approximate surface area is 400 Å². The minimum absolute atomic E-state index is 0.0520. The molecule has 0 aliphatic carbocycles. The lowest BCUT2D eigenvalue weighted by atomic mass is 9.98. The molecule has 0 spiro atoms. The second kappa shape index (κ2) is 39.0. The van der Waals surface area contributed by atoms with Crippen molar-refractivity contribution < 1.29 is 73.8 Å². The first kappa shape index (κ1) is 60.3. The minimum Gasteiger partial charge on any atom is -0.462 e. The van der Waals surface area contributed by atoms with Crippen LogP contribution in [0, 0.1) is 0 Å². The Hall–Kier alpha value is -2.80. The predicted octanol–water partition coefficient (Wildman–Crippen LogP) is 6.88. The van der Waals surface area contributed by atoms with Crippen LogP contribution in [0.2, 0.25) is 0 Å². The second-order valence-corrected chi connectivity index (χ2v) is 17.7. The van der Waals surface area contributed by atoms with E-state index in [0.29, 0.717) is 12.8 Å². The van der Waals surface area contributed by atoms with Gasteiger partial charge in [0, 0.05) is 12.8 Å². The summed E-state index contributed by atoms with van der Waals surface area (Å²) in [7, 11) is 0. The fourth-order valence-corrected chi connectivity index (χ4v) is 7.56. The number of aliphatic hydroxyl groups excluding tert-OH is 7. The van der Waals surface area contributed by atoms with Crippen LogP contribution in [0.5, 0.6) is 0 Å². The molecule has 67 heavy (non-hydrogen) atoms. The molecule has 0 radical (unpaired) electrons. The Balaban J connectivity index is 1.84. The number of carbonyl (C=O) groups is 2. The molecule has 11 atom stereocenters. The first-order chi connectivity index (χ1) is 32.5. The summed E-state index contributed by atoms with van der Waals surface area (Å²) in [6.45, 7) is 2.47. The van der Waals surface area contributed by atoms with E-state index in [1.807, 2.05) is 12.2 Å². The van der Waals surface area contributed by atoms with Gasteiger partial charge >= 0.3 is 11.9 Å². The number of allylic oxidation sites excluding steroid dienone is 10. The van der Waals surface area contributed by atoms with E-state index in [4.69, 9.17) is 28.4 Å². The Bertz CT molecular complexity index is 1400. The molecule has 15 heteroatoms. The molecule has 2 aliphatic rings. The van der Waals surface area contributed by atoms with Gasteiger partial charge in [-0.1, -0.05) is 152 Å². The van der Waals surface area contributed by atoms with Gasteiger partial charge in [0.05, 0.1) is 19.8 Å². The average Bonchev–Trinajstić information content (AvgIpc) is 3.32. The van der Waals surface area contributed by atoms with Crippen molar-refractivity contribution in [1.82, 2.24) is 0 Å². The topological polar surface area (TPSA) is 231 Å². The van der Waals surface area contributed by atoms with Crippen LogP contribution in [0.4, 0.5) is 0 Å². The molecule has 2 fully saturated rings. The lowest BCUT2D eigenvalue weighted by molar-refractivity contribution is -0.332. The number of hydrogen-bond acceptors (Lipinski definition) is 15. The smallest absolute Gasteiger partial charge is 0.306 e. The molecule has 2 rings (SSSR count). The second-order valence-electron chi connectivity index (χ2n) is 17.7. The first-order valence-corrected chi connectivity index (χ1v) is 25.4. The summed E-state index contributed by atoms with van der Waals surface area (Å²) >= 11 is 0. The zero-order chi connectivity index (χ0) is 48.9. The molecule has 0 saturated carbocycles. The van der Waals surface area contributed by atoms with Crippen LogP contribution in [0.1, 0.15) is 162 Å². The summed E-state index contributed by atoms with van der Waals surface area (Å²) in [5, 5.41) is 72.0. The van der Waals surface area contributed by atoms with Crippen molar-refractivity contribution in [3.63, 3.8) is 0 Å². The van der Waals surface area contributed by atoms with Crippen LogP contribution in [-0.2, 0) is 38.0 Å².